The molecule has 0 saturated carbocycles. The summed E-state index contributed by atoms with van der Waals surface area (Å²) < 4.78 is 6.99. The number of benzene rings is 2. The Kier molecular flexibility index (Phi) is 7.29. The maximum Gasteiger partial charge on any atom is 0.338 e. The summed E-state index contributed by atoms with van der Waals surface area (Å²) in [6.45, 7) is 5.75. The molecule has 0 atom stereocenters. The van der Waals surface area contributed by atoms with Crippen LogP contribution < -0.4 is 5.32 Å². The predicted octanol–water partition coefficient (Wildman–Crippen LogP) is 4.51. The van der Waals surface area contributed by atoms with E-state index in [1.54, 1.807) is 31.2 Å². The van der Waals surface area contributed by atoms with E-state index in [2.05, 4.69) is 5.32 Å². The molecule has 0 bridgehead atoms. The monoisotopic (exact) mass is 457 g/mol. The molecule has 0 spiro atoms. The molecule has 8 nitrogen and oxygen atoms in total. The van der Waals surface area contributed by atoms with Gasteiger partial charge in [-0.05, 0) is 74.9 Å². The number of nitrogens with one attached hydrogen (secondary N) is 1. The van der Waals surface area contributed by atoms with Gasteiger partial charge in [0.2, 0.25) is 0 Å². The van der Waals surface area contributed by atoms with E-state index in [1.165, 1.54) is 24.3 Å². The summed E-state index contributed by atoms with van der Waals surface area (Å²) in [5, 5.41) is 21.3. The molecular formula is C26H23N3O5. The van der Waals surface area contributed by atoms with Crippen LogP contribution in [0, 0.1) is 25.2 Å². The van der Waals surface area contributed by atoms with Crippen LogP contribution in [0.4, 0.5) is 5.69 Å². The number of hydrogen-bond donors (Lipinski definition) is 2. The van der Waals surface area contributed by atoms with Gasteiger partial charge >= 0.3 is 11.9 Å². The Labute approximate surface area is 196 Å². The van der Waals surface area contributed by atoms with E-state index in [1.807, 2.05) is 36.6 Å². The number of aromatic nitrogens is 1. The number of carbonyl (C=O) groups excluding carboxylic acids is 2. The lowest BCUT2D eigenvalue weighted by Gasteiger charge is -2.11. The van der Waals surface area contributed by atoms with Crippen molar-refractivity contribution in [3.63, 3.8) is 0 Å². The molecule has 8 heteroatoms. The fourth-order valence-electron chi connectivity index (χ4n) is 3.55. The number of carboxylic acid groups (broad SMARTS) is 1. The smallest absolute Gasteiger partial charge is 0.338 e. The topological polar surface area (TPSA) is 121 Å². The van der Waals surface area contributed by atoms with Crippen molar-refractivity contribution in [1.82, 2.24) is 4.57 Å². The van der Waals surface area contributed by atoms with E-state index >= 15 is 0 Å². The first-order valence-electron chi connectivity index (χ1n) is 10.5. The van der Waals surface area contributed by atoms with Crippen molar-refractivity contribution in [2.24, 2.45) is 0 Å². The van der Waals surface area contributed by atoms with Gasteiger partial charge in [0.25, 0.3) is 5.91 Å². The molecule has 0 aliphatic heterocycles. The summed E-state index contributed by atoms with van der Waals surface area (Å²) >= 11 is 0. The maximum absolute atomic E-state index is 12.7. The lowest BCUT2D eigenvalue weighted by molar-refractivity contribution is -0.112. The van der Waals surface area contributed by atoms with Crippen LogP contribution in [0.1, 0.15) is 44.6 Å². The van der Waals surface area contributed by atoms with E-state index in [-0.39, 0.29) is 23.4 Å². The summed E-state index contributed by atoms with van der Waals surface area (Å²) in [5.41, 5.74) is 3.59. The van der Waals surface area contributed by atoms with Gasteiger partial charge in [-0.2, -0.15) is 5.26 Å². The second kappa shape index (κ2) is 10.3. The molecule has 0 saturated heterocycles. The molecule has 0 aliphatic carbocycles. The molecule has 1 heterocycles. The van der Waals surface area contributed by atoms with Crippen LogP contribution in [0.3, 0.4) is 0 Å². The molecule has 1 aromatic heterocycles. The number of esters is 1. The molecule has 0 unspecified atom stereocenters. The van der Waals surface area contributed by atoms with Crippen LogP contribution in [0.5, 0.6) is 0 Å². The summed E-state index contributed by atoms with van der Waals surface area (Å²) in [6.07, 6.45) is 1.48. The van der Waals surface area contributed by atoms with Gasteiger partial charge in [0.05, 0.1) is 17.7 Å². The zero-order valence-corrected chi connectivity index (χ0v) is 19.0. The molecule has 0 radical (unpaired) electrons. The van der Waals surface area contributed by atoms with Crippen molar-refractivity contribution in [2.75, 3.05) is 11.9 Å². The van der Waals surface area contributed by atoms with Crippen molar-refractivity contribution in [2.45, 2.75) is 20.8 Å². The summed E-state index contributed by atoms with van der Waals surface area (Å²) in [6, 6.07) is 16.5. The average Bonchev–Trinajstić information content (AvgIpc) is 3.10. The van der Waals surface area contributed by atoms with Crippen LogP contribution >= 0.6 is 0 Å². The quantitative estimate of drug-likeness (QED) is 0.306. The van der Waals surface area contributed by atoms with Crippen LogP contribution in [0.15, 0.2) is 60.2 Å². The largest absolute Gasteiger partial charge is 0.478 e. The Hall–Kier alpha value is -4.64. The first-order valence-corrected chi connectivity index (χ1v) is 10.5. The van der Waals surface area contributed by atoms with Crippen molar-refractivity contribution in [3.05, 3.63) is 88.2 Å². The first kappa shape index (κ1) is 24.0. The van der Waals surface area contributed by atoms with E-state index in [4.69, 9.17) is 9.84 Å². The first-order chi connectivity index (χ1) is 16.2. The molecule has 2 aromatic carbocycles. The number of rotatable bonds is 7. The highest BCUT2D eigenvalue weighted by atomic mass is 16.5. The highest BCUT2D eigenvalue weighted by molar-refractivity contribution is 6.10. The van der Waals surface area contributed by atoms with Gasteiger partial charge in [0.15, 0.2) is 0 Å². The lowest BCUT2D eigenvalue weighted by atomic mass is 10.1. The second-order valence-corrected chi connectivity index (χ2v) is 7.44. The summed E-state index contributed by atoms with van der Waals surface area (Å²) in [7, 11) is 0. The number of aromatic carboxylic acids is 1. The Morgan fingerprint density at radius 2 is 1.79 bits per heavy atom. The number of hydrogen-bond acceptors (Lipinski definition) is 5. The third kappa shape index (κ3) is 5.22. The lowest BCUT2D eigenvalue weighted by Crippen LogP contribution is -2.14. The molecule has 0 aliphatic rings. The van der Waals surface area contributed by atoms with E-state index in [0.717, 1.165) is 17.1 Å². The number of nitrogens with zero attached hydrogens (tertiary/aromatic N) is 2. The third-order valence-electron chi connectivity index (χ3n) is 5.12. The minimum atomic E-state index is -1.12. The van der Waals surface area contributed by atoms with Gasteiger partial charge in [-0.3, -0.25) is 4.79 Å². The molecule has 172 valence electrons. The van der Waals surface area contributed by atoms with Crippen LogP contribution in [0.25, 0.3) is 11.8 Å². The zero-order valence-electron chi connectivity index (χ0n) is 19.0. The molecule has 2 N–H and O–H groups in total. The summed E-state index contributed by atoms with van der Waals surface area (Å²) in [5.74, 6) is -2.19. The van der Waals surface area contributed by atoms with E-state index < -0.39 is 17.8 Å². The molecule has 34 heavy (non-hydrogen) atoms. The van der Waals surface area contributed by atoms with Gasteiger partial charge in [0, 0.05) is 22.8 Å². The number of aryl methyl sites for hydroxylation is 1. The number of carboxylic acids is 1. The van der Waals surface area contributed by atoms with Crippen LogP contribution in [-0.2, 0) is 9.53 Å². The fraction of sp³-hybridized carbons (Fsp3) is 0.154. The van der Waals surface area contributed by atoms with Crippen LogP contribution in [-0.4, -0.2) is 34.1 Å². The zero-order chi connectivity index (χ0) is 24.8. The number of ether oxygens (including phenoxy) is 1. The number of amides is 1. The summed E-state index contributed by atoms with van der Waals surface area (Å²) in [4.78, 5) is 35.9. The van der Waals surface area contributed by atoms with Gasteiger partial charge < -0.3 is 19.7 Å². The van der Waals surface area contributed by atoms with Gasteiger partial charge in [-0.15, -0.1) is 0 Å². The third-order valence-corrected chi connectivity index (χ3v) is 5.12. The van der Waals surface area contributed by atoms with Crippen molar-refractivity contribution >= 4 is 29.6 Å². The minimum absolute atomic E-state index is 0.0221. The fourth-order valence-corrected chi connectivity index (χ4v) is 3.55. The normalized spacial score (nSPS) is 10.9. The Morgan fingerprint density at radius 3 is 2.47 bits per heavy atom. The minimum Gasteiger partial charge on any atom is -0.478 e. The Morgan fingerprint density at radius 1 is 1.09 bits per heavy atom. The van der Waals surface area contributed by atoms with Crippen molar-refractivity contribution in [1.29, 1.82) is 5.26 Å². The van der Waals surface area contributed by atoms with Gasteiger partial charge in [0.1, 0.15) is 11.6 Å². The number of nitriles is 1. The molecule has 3 rings (SSSR count). The second-order valence-electron chi connectivity index (χ2n) is 7.44. The molecule has 0 fully saturated rings. The van der Waals surface area contributed by atoms with Gasteiger partial charge in [-0.25, -0.2) is 9.59 Å². The highest BCUT2D eigenvalue weighted by Gasteiger charge is 2.16. The molecular weight excluding hydrogens is 434 g/mol. The van der Waals surface area contributed by atoms with E-state index in [9.17, 15) is 19.6 Å². The molecule has 1 amide bonds. The average molecular weight is 457 g/mol. The number of anilines is 1. The molecule has 3 aromatic rings. The van der Waals surface area contributed by atoms with Crippen molar-refractivity contribution < 1.29 is 24.2 Å². The predicted molar refractivity (Wildman–Crippen MR) is 127 cm³/mol. The maximum atomic E-state index is 12.7. The van der Waals surface area contributed by atoms with Gasteiger partial charge in [-0.1, -0.05) is 12.1 Å². The Balaban J connectivity index is 1.92. The number of carbonyl (C=O) groups is 3. The highest BCUT2D eigenvalue weighted by Crippen LogP contribution is 2.24. The standard InChI is InChI=1S/C26H23N3O5/c1-4-34-26(33)19-8-6-10-23(14-19)29-16(2)11-20(17(29)3)12-21(15-27)24(30)28-22-9-5-7-18(13-22)25(31)32/h5-14H,4H2,1-3H3,(H,28,30)(H,31,32)/b21-12-. The van der Waals surface area contributed by atoms with Crippen LogP contribution in [0.2, 0.25) is 0 Å². The Bertz CT molecular complexity index is 1340. The van der Waals surface area contributed by atoms with E-state index in [0.29, 0.717) is 11.1 Å². The van der Waals surface area contributed by atoms with Crippen molar-refractivity contribution in [3.8, 4) is 11.8 Å². The SMILES string of the molecule is CCOC(=O)c1cccc(-n2c(C)cc(/C=C(/C#N)C(=O)Nc3cccc(C(=O)O)c3)c2C)c1.